The van der Waals surface area contributed by atoms with Crippen LogP contribution in [0.25, 0.3) is 0 Å². The molecule has 0 saturated heterocycles. The first-order valence-electron chi connectivity index (χ1n) is 7.41. The Kier molecular flexibility index (Phi) is 13.0. The molecular weight excluding hydrogens is 208 g/mol. The Bertz CT molecular complexity index is 194. The fourth-order valence-electron chi connectivity index (χ4n) is 1.92. The number of rotatable bonds is 12. The predicted octanol–water partition coefficient (Wildman–Crippen LogP) is 5.44. The van der Waals surface area contributed by atoms with E-state index >= 15 is 0 Å². The maximum atomic E-state index is 10.7. The van der Waals surface area contributed by atoms with Gasteiger partial charge in [-0.25, -0.2) is 0 Å². The molecule has 1 nitrogen and oxygen atoms in total. The van der Waals surface area contributed by atoms with E-state index in [-0.39, 0.29) is 0 Å². The van der Waals surface area contributed by atoms with Gasteiger partial charge in [0.1, 0.15) is 5.78 Å². The first-order chi connectivity index (χ1) is 8.27. The molecule has 0 aliphatic heterocycles. The third kappa shape index (κ3) is 15.4. The lowest BCUT2D eigenvalue weighted by atomic mass is 10.1. The number of carbonyl (C=O) groups is 1. The summed E-state index contributed by atoms with van der Waals surface area (Å²) in [5.41, 5.74) is 0. The van der Waals surface area contributed by atoms with Crippen LogP contribution in [0.2, 0.25) is 0 Å². The minimum Gasteiger partial charge on any atom is -0.300 e. The number of allylic oxidation sites excluding steroid dienone is 2. The molecule has 0 rings (SSSR count). The molecule has 0 aromatic carbocycles. The number of hydrogen-bond acceptors (Lipinski definition) is 1. The number of Topliss-reactive ketones (excluding diaryl/α,β-unsaturated/α-hetero) is 1. The lowest BCUT2D eigenvalue weighted by Gasteiger charge is -2.00. The second-order valence-corrected chi connectivity index (χ2v) is 4.98. The third-order valence-electron chi connectivity index (χ3n) is 3.02. The number of carbonyl (C=O) groups excluding carboxylic acids is 1. The summed E-state index contributed by atoms with van der Waals surface area (Å²) in [5.74, 6) is 0.337. The Balaban J connectivity index is 3.01. The molecule has 0 unspecified atom stereocenters. The first kappa shape index (κ1) is 16.4. The fraction of sp³-hybridized carbons (Fsp3) is 0.812. The van der Waals surface area contributed by atoms with Gasteiger partial charge < -0.3 is 4.79 Å². The SMILES string of the molecule is CCCC=CCCCCCCCCCC(C)=O. The molecule has 0 aliphatic carbocycles. The van der Waals surface area contributed by atoms with E-state index in [1.165, 1.54) is 57.8 Å². The predicted molar refractivity (Wildman–Crippen MR) is 76.3 cm³/mol. The van der Waals surface area contributed by atoms with Crippen molar-refractivity contribution in [3.8, 4) is 0 Å². The van der Waals surface area contributed by atoms with E-state index in [1.54, 1.807) is 6.92 Å². The number of hydrogen-bond donors (Lipinski definition) is 0. The molecule has 0 aliphatic rings. The summed E-state index contributed by atoms with van der Waals surface area (Å²) in [4.78, 5) is 10.7. The highest BCUT2D eigenvalue weighted by Gasteiger charge is 1.94. The van der Waals surface area contributed by atoms with Crippen LogP contribution in [-0.4, -0.2) is 5.78 Å². The molecule has 0 spiro atoms. The Morgan fingerprint density at radius 2 is 1.35 bits per heavy atom. The van der Waals surface area contributed by atoms with Crippen LogP contribution in [0.1, 0.15) is 84.5 Å². The van der Waals surface area contributed by atoms with Crippen LogP contribution >= 0.6 is 0 Å². The summed E-state index contributed by atoms with van der Waals surface area (Å²) in [6.07, 6.45) is 18.2. The van der Waals surface area contributed by atoms with Crippen LogP contribution in [0.5, 0.6) is 0 Å². The van der Waals surface area contributed by atoms with Gasteiger partial charge in [-0.3, -0.25) is 0 Å². The van der Waals surface area contributed by atoms with Gasteiger partial charge in [-0.1, -0.05) is 57.6 Å². The van der Waals surface area contributed by atoms with E-state index in [1.807, 2.05) is 0 Å². The Labute approximate surface area is 108 Å². The van der Waals surface area contributed by atoms with Crippen LogP contribution in [0.4, 0.5) is 0 Å². The highest BCUT2D eigenvalue weighted by Crippen LogP contribution is 2.10. The highest BCUT2D eigenvalue weighted by molar-refractivity contribution is 5.75. The van der Waals surface area contributed by atoms with Crippen molar-refractivity contribution >= 4 is 5.78 Å². The minimum atomic E-state index is 0.337. The molecule has 0 amide bonds. The van der Waals surface area contributed by atoms with Crippen LogP contribution in [0.3, 0.4) is 0 Å². The van der Waals surface area contributed by atoms with E-state index in [4.69, 9.17) is 0 Å². The van der Waals surface area contributed by atoms with Gasteiger partial charge in [-0.15, -0.1) is 0 Å². The summed E-state index contributed by atoms with van der Waals surface area (Å²) >= 11 is 0. The van der Waals surface area contributed by atoms with Crippen molar-refractivity contribution in [2.24, 2.45) is 0 Å². The Hall–Kier alpha value is -0.590. The summed E-state index contributed by atoms with van der Waals surface area (Å²) < 4.78 is 0. The maximum Gasteiger partial charge on any atom is 0.129 e. The zero-order chi connectivity index (χ0) is 12.8. The molecule has 0 radical (unpaired) electrons. The molecule has 0 saturated carbocycles. The molecule has 0 fully saturated rings. The largest absolute Gasteiger partial charge is 0.300 e. The molecule has 0 aromatic heterocycles. The van der Waals surface area contributed by atoms with Gasteiger partial charge in [0.25, 0.3) is 0 Å². The molecular formula is C16H30O. The van der Waals surface area contributed by atoms with Gasteiger partial charge in [-0.2, -0.15) is 0 Å². The van der Waals surface area contributed by atoms with Gasteiger partial charge in [0.15, 0.2) is 0 Å². The number of unbranched alkanes of at least 4 members (excludes halogenated alkanes) is 8. The average molecular weight is 238 g/mol. The second-order valence-electron chi connectivity index (χ2n) is 4.98. The topological polar surface area (TPSA) is 17.1 Å². The maximum absolute atomic E-state index is 10.7. The highest BCUT2D eigenvalue weighted by atomic mass is 16.1. The standard InChI is InChI=1S/C16H30O/c1-3-4-5-6-7-8-9-10-11-12-13-14-15-16(2)17/h5-6H,3-4,7-15H2,1-2H3. The molecule has 0 bridgehead atoms. The Morgan fingerprint density at radius 3 is 1.94 bits per heavy atom. The Morgan fingerprint density at radius 1 is 0.824 bits per heavy atom. The molecule has 0 N–H and O–H groups in total. The fourth-order valence-corrected chi connectivity index (χ4v) is 1.92. The zero-order valence-electron chi connectivity index (χ0n) is 11.8. The monoisotopic (exact) mass is 238 g/mol. The molecule has 0 heterocycles. The van der Waals surface area contributed by atoms with Crippen LogP contribution < -0.4 is 0 Å². The third-order valence-corrected chi connectivity index (χ3v) is 3.02. The molecule has 0 atom stereocenters. The average Bonchev–Trinajstić information content (AvgIpc) is 2.30. The van der Waals surface area contributed by atoms with E-state index in [0.29, 0.717) is 5.78 Å². The van der Waals surface area contributed by atoms with Crippen LogP contribution in [-0.2, 0) is 4.79 Å². The van der Waals surface area contributed by atoms with Crippen molar-refractivity contribution in [2.45, 2.75) is 84.5 Å². The van der Waals surface area contributed by atoms with E-state index in [0.717, 1.165) is 12.8 Å². The van der Waals surface area contributed by atoms with Crippen molar-refractivity contribution in [3.05, 3.63) is 12.2 Å². The smallest absolute Gasteiger partial charge is 0.129 e. The normalized spacial score (nSPS) is 11.2. The van der Waals surface area contributed by atoms with Crippen LogP contribution in [0, 0.1) is 0 Å². The van der Waals surface area contributed by atoms with E-state index < -0.39 is 0 Å². The van der Waals surface area contributed by atoms with Crippen molar-refractivity contribution in [3.63, 3.8) is 0 Å². The molecule has 17 heavy (non-hydrogen) atoms. The summed E-state index contributed by atoms with van der Waals surface area (Å²) in [6, 6.07) is 0. The first-order valence-corrected chi connectivity index (χ1v) is 7.41. The van der Waals surface area contributed by atoms with Gasteiger partial charge >= 0.3 is 0 Å². The van der Waals surface area contributed by atoms with Gasteiger partial charge in [0, 0.05) is 6.42 Å². The van der Waals surface area contributed by atoms with Gasteiger partial charge in [0.05, 0.1) is 0 Å². The lowest BCUT2D eigenvalue weighted by molar-refractivity contribution is -0.117. The molecule has 0 aromatic rings. The van der Waals surface area contributed by atoms with Crippen molar-refractivity contribution in [1.82, 2.24) is 0 Å². The number of ketones is 1. The summed E-state index contributed by atoms with van der Waals surface area (Å²) in [5, 5.41) is 0. The second kappa shape index (κ2) is 13.5. The van der Waals surface area contributed by atoms with Gasteiger partial charge in [-0.05, 0) is 32.6 Å². The summed E-state index contributed by atoms with van der Waals surface area (Å²) in [6.45, 7) is 3.91. The van der Waals surface area contributed by atoms with Crippen molar-refractivity contribution in [2.75, 3.05) is 0 Å². The summed E-state index contributed by atoms with van der Waals surface area (Å²) in [7, 11) is 0. The van der Waals surface area contributed by atoms with E-state index in [9.17, 15) is 4.79 Å². The van der Waals surface area contributed by atoms with Gasteiger partial charge in [0.2, 0.25) is 0 Å². The lowest BCUT2D eigenvalue weighted by Crippen LogP contribution is -1.89. The van der Waals surface area contributed by atoms with Crippen molar-refractivity contribution in [1.29, 1.82) is 0 Å². The zero-order valence-corrected chi connectivity index (χ0v) is 11.8. The quantitative estimate of drug-likeness (QED) is 0.327. The molecule has 1 heteroatoms. The van der Waals surface area contributed by atoms with Crippen LogP contribution in [0.15, 0.2) is 12.2 Å². The van der Waals surface area contributed by atoms with Crippen molar-refractivity contribution < 1.29 is 4.79 Å². The van der Waals surface area contributed by atoms with E-state index in [2.05, 4.69) is 19.1 Å². The minimum absolute atomic E-state index is 0.337. The molecule has 100 valence electrons.